The van der Waals surface area contributed by atoms with Crippen molar-refractivity contribution in [3.63, 3.8) is 0 Å². The Hall–Kier alpha value is -2.04. The fraction of sp³-hybridized carbons (Fsp3) is 0.480. The molecule has 1 spiro atoms. The van der Waals surface area contributed by atoms with Crippen LogP contribution in [0.3, 0.4) is 0 Å². The molecule has 3 aliphatic heterocycles. The summed E-state index contributed by atoms with van der Waals surface area (Å²) in [6.07, 6.45) is 4.91. The Bertz CT molecular complexity index is 963. The van der Waals surface area contributed by atoms with Gasteiger partial charge in [0.15, 0.2) is 0 Å². The lowest BCUT2D eigenvalue weighted by Gasteiger charge is -2.38. The van der Waals surface area contributed by atoms with Gasteiger partial charge in [0.2, 0.25) is 0 Å². The first kappa shape index (κ1) is 19.9. The van der Waals surface area contributed by atoms with Crippen LogP contribution in [0.4, 0.5) is 0 Å². The third-order valence-corrected chi connectivity index (χ3v) is 6.91. The van der Waals surface area contributed by atoms with Crippen molar-refractivity contribution in [2.45, 2.75) is 63.7 Å². The number of piperidine rings is 1. The molecule has 4 nitrogen and oxygen atoms in total. The average Bonchev–Trinajstić information content (AvgIpc) is 3.14. The molecule has 5 rings (SSSR count). The van der Waals surface area contributed by atoms with E-state index in [1.54, 1.807) is 0 Å². The Kier molecular flexibility index (Phi) is 5.03. The summed E-state index contributed by atoms with van der Waals surface area (Å²) in [6, 6.07) is 14.5. The number of rotatable bonds is 3. The lowest BCUT2D eigenvalue weighted by atomic mass is 9.85. The van der Waals surface area contributed by atoms with E-state index in [2.05, 4.69) is 60.3 Å². The van der Waals surface area contributed by atoms with E-state index >= 15 is 0 Å². The SMILES string of the molecule is CC1(C)CCc2cc(Cl)cc(CN3CCC4(CC3)CC(c3ccccc3)=NO4)c2O1. The topological polar surface area (TPSA) is 34.1 Å². The predicted octanol–water partition coefficient (Wildman–Crippen LogP) is 5.60. The highest BCUT2D eigenvalue weighted by Crippen LogP contribution is 2.40. The number of hydrogen-bond acceptors (Lipinski definition) is 4. The standard InChI is InChI=1S/C25H29ClN2O2/c1-24(2)9-8-19-14-21(26)15-20(23(19)29-24)17-28-12-10-25(11-13-28)16-22(27-30-25)18-6-4-3-5-7-18/h3-7,14-15H,8-13,16-17H2,1-2H3. The predicted molar refractivity (Wildman–Crippen MR) is 120 cm³/mol. The Balaban J connectivity index is 1.25. The van der Waals surface area contributed by atoms with Crippen molar-refractivity contribution in [1.29, 1.82) is 0 Å². The molecule has 0 unspecified atom stereocenters. The van der Waals surface area contributed by atoms with Crippen LogP contribution in [0.5, 0.6) is 5.75 Å². The molecule has 2 aromatic rings. The Morgan fingerprint density at radius 1 is 1.07 bits per heavy atom. The largest absolute Gasteiger partial charge is 0.487 e. The quantitative estimate of drug-likeness (QED) is 0.642. The van der Waals surface area contributed by atoms with E-state index in [0.717, 1.165) is 68.2 Å². The van der Waals surface area contributed by atoms with E-state index in [-0.39, 0.29) is 11.2 Å². The third kappa shape index (κ3) is 3.95. The number of oxime groups is 1. The third-order valence-electron chi connectivity index (χ3n) is 6.69. The van der Waals surface area contributed by atoms with Gasteiger partial charge in [-0.3, -0.25) is 4.90 Å². The zero-order valence-corrected chi connectivity index (χ0v) is 18.5. The molecule has 1 fully saturated rings. The molecule has 5 heteroatoms. The van der Waals surface area contributed by atoms with Gasteiger partial charge >= 0.3 is 0 Å². The van der Waals surface area contributed by atoms with Crippen LogP contribution in [-0.4, -0.2) is 34.9 Å². The summed E-state index contributed by atoms with van der Waals surface area (Å²) < 4.78 is 6.37. The number of aryl methyl sites for hydroxylation is 1. The van der Waals surface area contributed by atoms with Gasteiger partial charge in [-0.2, -0.15) is 0 Å². The summed E-state index contributed by atoms with van der Waals surface area (Å²) in [6.45, 7) is 7.17. The molecule has 0 bridgehead atoms. The molecule has 3 aliphatic rings. The first-order valence-electron chi connectivity index (χ1n) is 10.9. The minimum Gasteiger partial charge on any atom is -0.487 e. The highest BCUT2D eigenvalue weighted by Gasteiger charge is 2.42. The van der Waals surface area contributed by atoms with E-state index < -0.39 is 0 Å². The minimum absolute atomic E-state index is 0.121. The molecule has 0 amide bonds. The normalized spacial score (nSPS) is 22.2. The number of ether oxygens (including phenoxy) is 1. The lowest BCUT2D eigenvalue weighted by Crippen LogP contribution is -2.44. The summed E-state index contributed by atoms with van der Waals surface area (Å²) in [7, 11) is 0. The Labute approximate surface area is 183 Å². The molecule has 0 atom stereocenters. The van der Waals surface area contributed by atoms with E-state index in [1.807, 2.05) is 6.07 Å². The molecule has 0 aliphatic carbocycles. The second-order valence-corrected chi connectivity index (χ2v) is 9.98. The van der Waals surface area contributed by atoms with Gasteiger partial charge < -0.3 is 9.57 Å². The second-order valence-electron chi connectivity index (χ2n) is 9.55. The van der Waals surface area contributed by atoms with Crippen LogP contribution in [-0.2, 0) is 17.8 Å². The monoisotopic (exact) mass is 424 g/mol. The van der Waals surface area contributed by atoms with Gasteiger partial charge in [-0.1, -0.05) is 47.1 Å². The van der Waals surface area contributed by atoms with Gasteiger partial charge in [-0.05, 0) is 49.9 Å². The van der Waals surface area contributed by atoms with E-state index in [1.165, 1.54) is 16.7 Å². The molecule has 3 heterocycles. The maximum Gasteiger partial charge on any atom is 0.145 e. The van der Waals surface area contributed by atoms with Gasteiger partial charge in [-0.25, -0.2) is 0 Å². The molecule has 158 valence electrons. The second kappa shape index (κ2) is 7.58. The number of nitrogens with zero attached hydrogens (tertiary/aromatic N) is 2. The van der Waals surface area contributed by atoms with Crippen LogP contribution >= 0.6 is 11.6 Å². The molecule has 2 aromatic carbocycles. The summed E-state index contributed by atoms with van der Waals surface area (Å²) in [5.41, 5.74) is 4.42. The zero-order valence-electron chi connectivity index (χ0n) is 17.8. The van der Waals surface area contributed by atoms with Crippen LogP contribution in [0.15, 0.2) is 47.6 Å². The van der Waals surface area contributed by atoms with Gasteiger partial charge in [-0.15, -0.1) is 0 Å². The maximum atomic E-state index is 6.43. The van der Waals surface area contributed by atoms with Crippen molar-refractivity contribution < 1.29 is 9.57 Å². The number of halogens is 1. The van der Waals surface area contributed by atoms with Crippen LogP contribution < -0.4 is 4.74 Å². The zero-order chi connectivity index (χ0) is 20.8. The molecule has 0 saturated carbocycles. The Morgan fingerprint density at radius 2 is 1.83 bits per heavy atom. The molecule has 30 heavy (non-hydrogen) atoms. The fourth-order valence-corrected chi connectivity index (χ4v) is 5.11. The van der Waals surface area contributed by atoms with Crippen LogP contribution in [0.2, 0.25) is 5.02 Å². The van der Waals surface area contributed by atoms with Crippen molar-refractivity contribution in [1.82, 2.24) is 4.90 Å². The van der Waals surface area contributed by atoms with Crippen LogP contribution in [0, 0.1) is 0 Å². The van der Waals surface area contributed by atoms with Gasteiger partial charge in [0, 0.05) is 49.5 Å². The lowest BCUT2D eigenvalue weighted by molar-refractivity contribution is -0.0628. The minimum atomic E-state index is -0.145. The average molecular weight is 425 g/mol. The van der Waals surface area contributed by atoms with Crippen LogP contribution in [0.25, 0.3) is 0 Å². The number of benzene rings is 2. The molecular formula is C25H29ClN2O2. The van der Waals surface area contributed by atoms with Gasteiger partial charge in [0.05, 0.1) is 5.71 Å². The fourth-order valence-electron chi connectivity index (χ4n) is 4.84. The Morgan fingerprint density at radius 3 is 2.60 bits per heavy atom. The molecular weight excluding hydrogens is 396 g/mol. The maximum absolute atomic E-state index is 6.43. The molecule has 0 N–H and O–H groups in total. The van der Waals surface area contributed by atoms with Crippen molar-refractivity contribution in [3.8, 4) is 5.75 Å². The van der Waals surface area contributed by atoms with Gasteiger partial charge in [0.25, 0.3) is 0 Å². The van der Waals surface area contributed by atoms with Crippen molar-refractivity contribution in [2.24, 2.45) is 5.16 Å². The highest BCUT2D eigenvalue weighted by molar-refractivity contribution is 6.30. The highest BCUT2D eigenvalue weighted by atomic mass is 35.5. The summed E-state index contributed by atoms with van der Waals surface area (Å²) in [5, 5.41) is 5.24. The van der Waals surface area contributed by atoms with Crippen molar-refractivity contribution in [3.05, 3.63) is 64.2 Å². The number of likely N-dealkylation sites (tertiary alicyclic amines) is 1. The first-order valence-corrected chi connectivity index (χ1v) is 11.3. The van der Waals surface area contributed by atoms with E-state index in [0.29, 0.717) is 0 Å². The van der Waals surface area contributed by atoms with Gasteiger partial charge in [0.1, 0.15) is 17.0 Å². The van der Waals surface area contributed by atoms with E-state index in [9.17, 15) is 0 Å². The van der Waals surface area contributed by atoms with Crippen molar-refractivity contribution >= 4 is 17.3 Å². The van der Waals surface area contributed by atoms with E-state index in [4.69, 9.17) is 21.2 Å². The summed E-state index contributed by atoms with van der Waals surface area (Å²) in [4.78, 5) is 8.49. The summed E-state index contributed by atoms with van der Waals surface area (Å²) >= 11 is 6.43. The van der Waals surface area contributed by atoms with Crippen molar-refractivity contribution in [2.75, 3.05) is 13.1 Å². The summed E-state index contributed by atoms with van der Waals surface area (Å²) in [5.74, 6) is 1.04. The smallest absolute Gasteiger partial charge is 0.145 e. The number of hydrogen-bond donors (Lipinski definition) is 0. The molecule has 0 aromatic heterocycles. The number of fused-ring (bicyclic) bond motifs is 1. The van der Waals surface area contributed by atoms with Crippen LogP contribution in [0.1, 0.15) is 56.2 Å². The molecule has 0 radical (unpaired) electrons. The first-order chi connectivity index (χ1) is 14.4. The molecule has 1 saturated heterocycles.